The van der Waals surface area contributed by atoms with Gasteiger partial charge in [0.2, 0.25) is 0 Å². The molecule has 0 aliphatic carbocycles. The number of hydrogen-bond donors (Lipinski definition) is 1. The van der Waals surface area contributed by atoms with Crippen LogP contribution in [-0.4, -0.2) is 87.4 Å². The van der Waals surface area contributed by atoms with E-state index in [2.05, 4.69) is 148 Å². The van der Waals surface area contributed by atoms with Crippen molar-refractivity contribution in [3.05, 3.63) is 134 Å². The number of unbranched alkanes of at least 4 members (excludes halogenated alkanes) is 17. The average molecular weight is 1070 g/mol. The molecule has 9 heteroatoms. The van der Waals surface area contributed by atoms with E-state index in [1.54, 1.807) is 0 Å². The van der Waals surface area contributed by atoms with Gasteiger partial charge in [-0.2, -0.15) is 0 Å². The summed E-state index contributed by atoms with van der Waals surface area (Å²) >= 11 is 0. The summed E-state index contributed by atoms with van der Waals surface area (Å²) in [4.78, 5) is 37.5. The molecule has 0 fully saturated rings. The highest BCUT2D eigenvalue weighted by Crippen LogP contribution is 2.15. The molecule has 0 radical (unpaired) electrons. The Labute approximate surface area is 471 Å². The van der Waals surface area contributed by atoms with Gasteiger partial charge in [-0.15, -0.1) is 0 Å². The molecule has 0 spiro atoms. The first-order valence-electron chi connectivity index (χ1n) is 30.3. The number of esters is 2. The summed E-state index contributed by atoms with van der Waals surface area (Å²) in [5, 5.41) is 9.71. The van der Waals surface area contributed by atoms with E-state index in [0.717, 1.165) is 135 Å². The normalized spacial score (nSPS) is 13.7. The summed E-state index contributed by atoms with van der Waals surface area (Å²) in [5.41, 5.74) is 0. The van der Waals surface area contributed by atoms with Crippen molar-refractivity contribution in [2.45, 2.75) is 232 Å². The molecule has 436 valence electrons. The molecule has 0 aliphatic rings. The second kappa shape index (κ2) is 57.6. The van der Waals surface area contributed by atoms with Crippen molar-refractivity contribution in [3.8, 4) is 0 Å². The maximum absolute atomic E-state index is 12.9. The molecule has 0 aromatic rings. The number of ether oxygens (including phenoxy) is 4. The fraction of sp³-hybridized carbons (Fsp3) is 0.632. The summed E-state index contributed by atoms with van der Waals surface area (Å²) < 4.78 is 22.9. The van der Waals surface area contributed by atoms with Crippen LogP contribution in [0.1, 0.15) is 219 Å². The molecule has 2 unspecified atom stereocenters. The molecule has 2 atom stereocenters. The van der Waals surface area contributed by atoms with E-state index in [1.165, 1.54) is 51.4 Å². The van der Waals surface area contributed by atoms with E-state index in [1.807, 2.05) is 21.1 Å². The minimum absolute atomic E-state index is 0.178. The molecular weight excluding hydrogens is 959 g/mol. The van der Waals surface area contributed by atoms with Crippen molar-refractivity contribution in [1.29, 1.82) is 0 Å². The SMILES string of the molecule is CC/C=C\C/C=C\C/C=C\C/C=C\C/C=C\C/C=C\C/C=C\CCCCCCCCCCCCCC(=O)OC(COC(=O)CCCCCCCC/C=C\C/C=C\C/C=C\C/C=C\CC)COC(OCC[N+](C)(C)C)C(=O)O. The van der Waals surface area contributed by atoms with Gasteiger partial charge in [-0.3, -0.25) is 9.59 Å². The Morgan fingerprint density at radius 2 is 0.701 bits per heavy atom. The van der Waals surface area contributed by atoms with E-state index in [9.17, 15) is 19.5 Å². The van der Waals surface area contributed by atoms with Gasteiger partial charge in [0, 0.05) is 12.8 Å². The molecule has 0 rings (SSSR count). The number of hydrogen-bond acceptors (Lipinski definition) is 7. The van der Waals surface area contributed by atoms with Crippen LogP contribution >= 0.6 is 0 Å². The standard InChI is InChI=1S/C68H111NO8/c1-6-8-10-12-14-16-18-20-22-24-26-27-28-29-30-31-32-33-34-35-36-37-38-39-41-43-45-47-49-51-53-55-57-59-66(71)77-64(63-76-68(67(72)73)74-61-60-69(3,4)5)62-75-65(70)58-56-54-52-50-48-46-44-42-40-25-23-21-19-17-15-13-11-9-7-2/h8-11,14-17,20-23,26-27,29-30,32-33,35-36,40,42,64,68H,6-7,12-13,18-19,24-25,28,31,34,37-39,41,43-63H2,1-5H3/p+1/b10-8-,11-9-,16-14-,17-15-,22-20-,23-21-,27-26-,30-29-,33-32-,36-35-,42-40-. The lowest BCUT2D eigenvalue weighted by Gasteiger charge is -2.25. The monoisotopic (exact) mass is 1070 g/mol. The number of carboxylic acid groups (broad SMARTS) is 1. The number of likely N-dealkylation sites (N-methyl/N-ethyl adjacent to an activating group) is 1. The number of carbonyl (C=O) groups is 3. The molecule has 0 aromatic heterocycles. The molecule has 1 N–H and O–H groups in total. The lowest BCUT2D eigenvalue weighted by atomic mass is 10.0. The van der Waals surface area contributed by atoms with Crippen molar-refractivity contribution in [3.63, 3.8) is 0 Å². The van der Waals surface area contributed by atoms with Crippen LogP contribution in [0.5, 0.6) is 0 Å². The predicted molar refractivity (Wildman–Crippen MR) is 327 cm³/mol. The number of aliphatic carboxylic acids is 1. The van der Waals surface area contributed by atoms with Gasteiger partial charge < -0.3 is 28.5 Å². The zero-order valence-electron chi connectivity index (χ0n) is 49.6. The molecule has 77 heavy (non-hydrogen) atoms. The van der Waals surface area contributed by atoms with Gasteiger partial charge in [-0.05, 0) is 109 Å². The summed E-state index contributed by atoms with van der Waals surface area (Å²) in [6.07, 6.45) is 79.6. The van der Waals surface area contributed by atoms with Crippen LogP contribution < -0.4 is 0 Å². The van der Waals surface area contributed by atoms with Crippen LogP contribution in [0.2, 0.25) is 0 Å². The van der Waals surface area contributed by atoms with Crippen LogP contribution in [-0.2, 0) is 33.3 Å². The van der Waals surface area contributed by atoms with Crippen molar-refractivity contribution in [1.82, 2.24) is 0 Å². The van der Waals surface area contributed by atoms with E-state index in [0.29, 0.717) is 17.4 Å². The van der Waals surface area contributed by atoms with Gasteiger partial charge in [0.05, 0.1) is 34.4 Å². The topological polar surface area (TPSA) is 108 Å². The Morgan fingerprint density at radius 3 is 1.04 bits per heavy atom. The quantitative estimate of drug-likeness (QED) is 0.0211. The number of carbonyl (C=O) groups excluding carboxylic acids is 2. The van der Waals surface area contributed by atoms with Crippen molar-refractivity contribution < 1.29 is 42.9 Å². The molecule has 0 bridgehead atoms. The van der Waals surface area contributed by atoms with Crippen molar-refractivity contribution in [2.24, 2.45) is 0 Å². The summed E-state index contributed by atoms with van der Waals surface area (Å²) in [6, 6.07) is 0. The van der Waals surface area contributed by atoms with Gasteiger partial charge >= 0.3 is 17.9 Å². The molecule has 0 saturated carbocycles. The summed E-state index contributed by atoms with van der Waals surface area (Å²) in [7, 11) is 5.95. The summed E-state index contributed by atoms with van der Waals surface area (Å²) in [5.74, 6) is -2.04. The third kappa shape index (κ3) is 58.9. The Bertz CT molecular complexity index is 1720. The predicted octanol–water partition coefficient (Wildman–Crippen LogP) is 18.2. The molecule has 0 aromatic carbocycles. The van der Waals surface area contributed by atoms with Gasteiger partial charge in [0.25, 0.3) is 6.29 Å². The van der Waals surface area contributed by atoms with Crippen LogP contribution in [0.3, 0.4) is 0 Å². The molecule has 9 nitrogen and oxygen atoms in total. The first kappa shape index (κ1) is 72.4. The van der Waals surface area contributed by atoms with Gasteiger partial charge in [-0.25, -0.2) is 4.79 Å². The fourth-order valence-corrected chi connectivity index (χ4v) is 7.81. The van der Waals surface area contributed by atoms with Crippen LogP contribution in [0.4, 0.5) is 0 Å². The molecule has 0 saturated heterocycles. The minimum atomic E-state index is -1.52. The first-order valence-corrected chi connectivity index (χ1v) is 30.3. The van der Waals surface area contributed by atoms with E-state index in [-0.39, 0.29) is 38.6 Å². The minimum Gasteiger partial charge on any atom is -0.477 e. The van der Waals surface area contributed by atoms with Gasteiger partial charge in [0.1, 0.15) is 13.2 Å². The third-order valence-corrected chi connectivity index (χ3v) is 12.4. The average Bonchev–Trinajstić information content (AvgIpc) is 3.40. The molecule has 0 amide bonds. The Balaban J connectivity index is 4.24. The summed E-state index contributed by atoms with van der Waals surface area (Å²) in [6.45, 7) is 4.61. The first-order chi connectivity index (χ1) is 37.6. The zero-order chi connectivity index (χ0) is 56.2. The maximum atomic E-state index is 12.9. The van der Waals surface area contributed by atoms with Gasteiger partial charge in [0.15, 0.2) is 6.10 Å². The molecule has 0 aliphatic heterocycles. The van der Waals surface area contributed by atoms with E-state index < -0.39 is 24.3 Å². The third-order valence-electron chi connectivity index (χ3n) is 12.4. The highest BCUT2D eigenvalue weighted by Gasteiger charge is 2.25. The number of nitrogens with zero attached hydrogens (tertiary/aromatic N) is 1. The smallest absolute Gasteiger partial charge is 0.361 e. The number of rotatable bonds is 54. The lowest BCUT2D eigenvalue weighted by Crippen LogP contribution is -2.40. The van der Waals surface area contributed by atoms with E-state index in [4.69, 9.17) is 18.9 Å². The van der Waals surface area contributed by atoms with Gasteiger partial charge in [-0.1, -0.05) is 231 Å². The van der Waals surface area contributed by atoms with E-state index >= 15 is 0 Å². The molecule has 0 heterocycles. The van der Waals surface area contributed by atoms with Crippen molar-refractivity contribution in [2.75, 3.05) is 47.5 Å². The lowest BCUT2D eigenvalue weighted by molar-refractivity contribution is -0.870. The second-order valence-electron chi connectivity index (χ2n) is 20.9. The second-order valence-corrected chi connectivity index (χ2v) is 20.9. The zero-order valence-corrected chi connectivity index (χ0v) is 49.6. The molecular formula is C68H112NO8+. The number of allylic oxidation sites excluding steroid dienone is 22. The Kier molecular flexibility index (Phi) is 54.2. The fourth-order valence-electron chi connectivity index (χ4n) is 7.81. The Morgan fingerprint density at radius 1 is 0.390 bits per heavy atom. The largest absolute Gasteiger partial charge is 0.477 e. The number of quaternary nitrogens is 1. The highest BCUT2D eigenvalue weighted by atomic mass is 16.7. The van der Waals surface area contributed by atoms with Crippen LogP contribution in [0.25, 0.3) is 0 Å². The van der Waals surface area contributed by atoms with Crippen molar-refractivity contribution >= 4 is 17.9 Å². The maximum Gasteiger partial charge on any atom is 0.361 e. The van der Waals surface area contributed by atoms with Crippen LogP contribution in [0.15, 0.2) is 134 Å². The number of carboxylic acids is 1. The Hall–Kier alpha value is -4.57. The van der Waals surface area contributed by atoms with Crippen LogP contribution in [0, 0.1) is 0 Å². The highest BCUT2D eigenvalue weighted by molar-refractivity contribution is 5.71.